The summed E-state index contributed by atoms with van der Waals surface area (Å²) < 4.78 is 14.4. The molecule has 0 bridgehead atoms. The van der Waals surface area contributed by atoms with E-state index < -0.39 is 0 Å². The van der Waals surface area contributed by atoms with Crippen LogP contribution in [-0.4, -0.2) is 15.7 Å². The summed E-state index contributed by atoms with van der Waals surface area (Å²) in [5, 5.41) is 0. The molecule has 0 unspecified atom stereocenters. The maximum absolute atomic E-state index is 12.9. The topological polar surface area (TPSA) is 34.4 Å². The van der Waals surface area contributed by atoms with E-state index in [1.54, 1.807) is 6.07 Å². The number of hydrogen-bond acceptors (Lipinski definition) is 2. The van der Waals surface area contributed by atoms with Crippen LogP contribution in [0.15, 0.2) is 18.3 Å². The number of halogens is 1. The van der Waals surface area contributed by atoms with Crippen molar-refractivity contribution in [1.82, 2.24) is 9.38 Å². The molecular formula is C10H9FN2O. The summed E-state index contributed by atoms with van der Waals surface area (Å²) in [6, 6.07) is 2.89. The van der Waals surface area contributed by atoms with Gasteiger partial charge in [-0.1, -0.05) is 6.92 Å². The highest BCUT2D eigenvalue weighted by Crippen LogP contribution is 2.12. The lowest BCUT2D eigenvalue weighted by Crippen LogP contribution is -1.94. The molecule has 0 radical (unpaired) electrons. The molecule has 0 fully saturated rings. The number of carbonyl (C=O) groups is 1. The summed E-state index contributed by atoms with van der Waals surface area (Å²) in [5.74, 6) is -0.374. The largest absolute Gasteiger partial charge is 0.296 e. The molecule has 2 aromatic heterocycles. The Labute approximate surface area is 80.2 Å². The van der Waals surface area contributed by atoms with Gasteiger partial charge in [-0.05, 0) is 18.6 Å². The third-order valence-corrected chi connectivity index (χ3v) is 2.14. The quantitative estimate of drug-likeness (QED) is 0.680. The van der Waals surface area contributed by atoms with Gasteiger partial charge in [-0.15, -0.1) is 0 Å². The molecule has 14 heavy (non-hydrogen) atoms. The Morgan fingerprint density at radius 1 is 1.57 bits per heavy atom. The number of nitrogens with zero attached hydrogens (tertiary/aromatic N) is 2. The Bertz CT molecular complexity index is 490. The van der Waals surface area contributed by atoms with E-state index in [0.717, 1.165) is 0 Å². The average molecular weight is 192 g/mol. The molecule has 0 amide bonds. The van der Waals surface area contributed by atoms with Gasteiger partial charge in [0.2, 0.25) is 0 Å². The second kappa shape index (κ2) is 3.21. The van der Waals surface area contributed by atoms with Crippen LogP contribution in [0.2, 0.25) is 0 Å². The first-order chi connectivity index (χ1) is 6.76. The summed E-state index contributed by atoms with van der Waals surface area (Å²) in [5.41, 5.74) is 1.73. The molecule has 0 atom stereocenters. The molecule has 0 N–H and O–H groups in total. The van der Waals surface area contributed by atoms with Crippen molar-refractivity contribution in [3.05, 3.63) is 35.5 Å². The highest BCUT2D eigenvalue weighted by Gasteiger charge is 2.09. The Kier molecular flexibility index (Phi) is 2.04. The van der Waals surface area contributed by atoms with Crippen LogP contribution >= 0.6 is 0 Å². The van der Waals surface area contributed by atoms with E-state index in [-0.39, 0.29) is 5.82 Å². The maximum Gasteiger partial charge on any atom is 0.168 e. The van der Waals surface area contributed by atoms with Crippen molar-refractivity contribution in [2.24, 2.45) is 0 Å². The number of aromatic nitrogens is 2. The zero-order chi connectivity index (χ0) is 10.1. The lowest BCUT2D eigenvalue weighted by atomic mass is 10.3. The molecule has 2 rings (SSSR count). The third-order valence-electron chi connectivity index (χ3n) is 2.14. The van der Waals surface area contributed by atoms with Gasteiger partial charge in [-0.25, -0.2) is 9.37 Å². The Hall–Kier alpha value is -1.71. The first kappa shape index (κ1) is 8.87. The highest BCUT2D eigenvalue weighted by molar-refractivity contribution is 5.76. The van der Waals surface area contributed by atoms with Gasteiger partial charge in [0.1, 0.15) is 17.2 Å². The third kappa shape index (κ3) is 1.19. The predicted molar refractivity (Wildman–Crippen MR) is 49.9 cm³/mol. The number of hydrogen-bond donors (Lipinski definition) is 0. The van der Waals surface area contributed by atoms with Crippen LogP contribution in [0.4, 0.5) is 4.39 Å². The van der Waals surface area contributed by atoms with Gasteiger partial charge in [0, 0.05) is 6.20 Å². The van der Waals surface area contributed by atoms with Gasteiger partial charge in [-0.3, -0.25) is 9.20 Å². The van der Waals surface area contributed by atoms with Gasteiger partial charge in [0.05, 0.1) is 5.69 Å². The van der Waals surface area contributed by atoms with E-state index in [2.05, 4.69) is 4.98 Å². The van der Waals surface area contributed by atoms with E-state index in [0.29, 0.717) is 29.7 Å². The van der Waals surface area contributed by atoms with Crippen molar-refractivity contribution in [3.63, 3.8) is 0 Å². The smallest absolute Gasteiger partial charge is 0.168 e. The lowest BCUT2D eigenvalue weighted by Gasteiger charge is -1.94. The van der Waals surface area contributed by atoms with Crippen LogP contribution < -0.4 is 0 Å². The first-order valence-corrected chi connectivity index (χ1v) is 4.38. The molecule has 2 aromatic rings. The molecule has 0 saturated carbocycles. The number of carbonyl (C=O) groups excluding carboxylic acids is 1. The summed E-state index contributed by atoms with van der Waals surface area (Å²) in [6.45, 7) is 1.91. The van der Waals surface area contributed by atoms with E-state index in [9.17, 15) is 9.18 Å². The van der Waals surface area contributed by atoms with Crippen LogP contribution in [0.5, 0.6) is 0 Å². The van der Waals surface area contributed by atoms with E-state index in [1.807, 2.05) is 6.92 Å². The second-order valence-electron chi connectivity index (χ2n) is 2.99. The van der Waals surface area contributed by atoms with Crippen molar-refractivity contribution < 1.29 is 9.18 Å². The molecule has 0 aromatic carbocycles. The van der Waals surface area contributed by atoms with Gasteiger partial charge < -0.3 is 0 Å². The zero-order valence-corrected chi connectivity index (χ0v) is 7.70. The molecule has 4 heteroatoms. The van der Waals surface area contributed by atoms with Crippen molar-refractivity contribution >= 4 is 11.9 Å². The van der Waals surface area contributed by atoms with Crippen LogP contribution in [0.25, 0.3) is 5.65 Å². The Morgan fingerprint density at radius 3 is 3.00 bits per heavy atom. The van der Waals surface area contributed by atoms with Gasteiger partial charge in [0.25, 0.3) is 0 Å². The molecule has 0 saturated heterocycles. The average Bonchev–Trinajstić information content (AvgIpc) is 2.54. The minimum Gasteiger partial charge on any atom is -0.296 e. The summed E-state index contributed by atoms with van der Waals surface area (Å²) in [7, 11) is 0. The maximum atomic E-state index is 12.9. The molecular weight excluding hydrogens is 183 g/mol. The second-order valence-corrected chi connectivity index (χ2v) is 2.99. The standard InChI is InChI=1S/C10H9FN2O/c1-2-8-9(6-14)13-5-7(11)3-4-10(13)12-8/h3-6H,2H2,1H3. The Balaban J connectivity index is 2.81. The molecule has 0 spiro atoms. The molecule has 0 aliphatic carbocycles. The van der Waals surface area contributed by atoms with Crippen molar-refractivity contribution in [2.45, 2.75) is 13.3 Å². The number of imidazole rings is 1. The molecule has 72 valence electrons. The number of fused-ring (bicyclic) bond motifs is 1. The fourth-order valence-electron chi connectivity index (χ4n) is 1.47. The van der Waals surface area contributed by atoms with Crippen molar-refractivity contribution in [1.29, 1.82) is 0 Å². The van der Waals surface area contributed by atoms with Crippen LogP contribution in [0.3, 0.4) is 0 Å². The molecule has 0 aliphatic rings. The minimum atomic E-state index is -0.374. The minimum absolute atomic E-state index is 0.374. The molecule has 2 heterocycles. The first-order valence-electron chi connectivity index (χ1n) is 4.38. The fourth-order valence-corrected chi connectivity index (χ4v) is 1.47. The summed E-state index contributed by atoms with van der Waals surface area (Å²) >= 11 is 0. The van der Waals surface area contributed by atoms with Gasteiger partial charge in [-0.2, -0.15) is 0 Å². The lowest BCUT2D eigenvalue weighted by molar-refractivity contribution is 0.111. The number of aryl methyl sites for hydroxylation is 1. The van der Waals surface area contributed by atoms with Gasteiger partial charge >= 0.3 is 0 Å². The summed E-state index contributed by atoms with van der Waals surface area (Å²) in [4.78, 5) is 15.0. The van der Waals surface area contributed by atoms with Crippen LogP contribution in [0, 0.1) is 5.82 Å². The monoisotopic (exact) mass is 192 g/mol. The Morgan fingerprint density at radius 2 is 2.36 bits per heavy atom. The van der Waals surface area contributed by atoms with E-state index >= 15 is 0 Å². The van der Waals surface area contributed by atoms with Crippen LogP contribution in [0.1, 0.15) is 23.1 Å². The van der Waals surface area contributed by atoms with Crippen LogP contribution in [-0.2, 0) is 6.42 Å². The highest BCUT2D eigenvalue weighted by atomic mass is 19.1. The zero-order valence-electron chi connectivity index (χ0n) is 7.70. The fraction of sp³-hybridized carbons (Fsp3) is 0.200. The predicted octanol–water partition coefficient (Wildman–Crippen LogP) is 1.85. The normalized spacial score (nSPS) is 10.7. The molecule has 3 nitrogen and oxygen atoms in total. The van der Waals surface area contributed by atoms with Crippen molar-refractivity contribution in [2.75, 3.05) is 0 Å². The van der Waals surface area contributed by atoms with Crippen molar-refractivity contribution in [3.8, 4) is 0 Å². The van der Waals surface area contributed by atoms with E-state index in [4.69, 9.17) is 0 Å². The number of rotatable bonds is 2. The summed E-state index contributed by atoms with van der Waals surface area (Å²) in [6.07, 6.45) is 2.64. The SMILES string of the molecule is CCc1nc2ccc(F)cn2c1C=O. The van der Waals surface area contributed by atoms with Gasteiger partial charge in [0.15, 0.2) is 6.29 Å². The number of pyridine rings is 1. The molecule has 0 aliphatic heterocycles. The number of aldehydes is 1. The van der Waals surface area contributed by atoms with E-state index in [1.165, 1.54) is 16.7 Å².